The summed E-state index contributed by atoms with van der Waals surface area (Å²) in [6, 6.07) is 5.33. The van der Waals surface area contributed by atoms with Crippen LogP contribution in [0.25, 0.3) is 0 Å². The van der Waals surface area contributed by atoms with E-state index in [0.29, 0.717) is 31.3 Å². The van der Waals surface area contributed by atoms with Gasteiger partial charge >= 0.3 is 6.02 Å². The highest BCUT2D eigenvalue weighted by Gasteiger charge is 2.17. The number of amidine groups is 1. The Morgan fingerprint density at radius 2 is 2.41 bits per heavy atom. The van der Waals surface area contributed by atoms with Gasteiger partial charge in [-0.2, -0.15) is 0 Å². The van der Waals surface area contributed by atoms with Gasteiger partial charge in [-0.15, -0.1) is 0 Å². The molecule has 0 aliphatic carbocycles. The van der Waals surface area contributed by atoms with Crippen molar-refractivity contribution >= 4 is 11.7 Å². The first-order valence-corrected chi connectivity index (χ1v) is 5.35. The minimum Gasteiger partial charge on any atom is -0.467 e. The fourth-order valence-corrected chi connectivity index (χ4v) is 1.65. The first kappa shape index (κ1) is 11.7. The Morgan fingerprint density at radius 3 is 3.06 bits per heavy atom. The zero-order chi connectivity index (χ0) is 12.3. The summed E-state index contributed by atoms with van der Waals surface area (Å²) < 4.78 is 18.8. The van der Waals surface area contributed by atoms with Crippen LogP contribution in [-0.4, -0.2) is 26.2 Å². The maximum atomic E-state index is 13.8. The van der Waals surface area contributed by atoms with Crippen LogP contribution in [0.2, 0.25) is 0 Å². The third-order valence-corrected chi connectivity index (χ3v) is 2.54. The average molecular weight is 238 g/mol. The van der Waals surface area contributed by atoms with Crippen molar-refractivity contribution in [2.75, 3.05) is 25.2 Å². The molecule has 1 aliphatic rings. The lowest BCUT2D eigenvalue weighted by Crippen LogP contribution is -2.48. The van der Waals surface area contributed by atoms with Gasteiger partial charge in [0.25, 0.3) is 0 Å². The van der Waals surface area contributed by atoms with Crippen LogP contribution in [0.15, 0.2) is 23.2 Å². The number of hydrogen-bond donors (Lipinski definition) is 2. The maximum absolute atomic E-state index is 13.8. The van der Waals surface area contributed by atoms with Crippen LogP contribution in [0.3, 0.4) is 0 Å². The summed E-state index contributed by atoms with van der Waals surface area (Å²) >= 11 is 0. The number of methoxy groups -OCH3 is 1. The van der Waals surface area contributed by atoms with E-state index >= 15 is 0 Å². The molecule has 0 aromatic heterocycles. The standard InChI is InChI=1S/C11H15FN4O/c1-17-11-14-4-5-16(15-11)10-3-2-8(7-13)6-9(10)12/h2-3,6H,4-5,7,13H2,1H3,(H,14,15). The zero-order valence-corrected chi connectivity index (χ0v) is 9.61. The van der Waals surface area contributed by atoms with Crippen molar-refractivity contribution in [1.29, 1.82) is 0 Å². The van der Waals surface area contributed by atoms with Crippen LogP contribution in [0.5, 0.6) is 0 Å². The van der Waals surface area contributed by atoms with E-state index in [1.54, 1.807) is 17.1 Å². The Morgan fingerprint density at radius 1 is 1.59 bits per heavy atom. The number of hydrazine groups is 1. The van der Waals surface area contributed by atoms with Crippen LogP contribution < -0.4 is 16.2 Å². The van der Waals surface area contributed by atoms with Crippen LogP contribution in [0.4, 0.5) is 10.1 Å². The number of ether oxygens (including phenoxy) is 1. The van der Waals surface area contributed by atoms with Crippen LogP contribution in [-0.2, 0) is 11.3 Å². The number of nitrogens with two attached hydrogens (primary N) is 1. The number of nitrogens with one attached hydrogen (secondary N) is 1. The molecule has 0 fully saturated rings. The van der Waals surface area contributed by atoms with Crippen LogP contribution in [0.1, 0.15) is 5.56 Å². The van der Waals surface area contributed by atoms with Crippen molar-refractivity contribution in [2.24, 2.45) is 10.7 Å². The van der Waals surface area contributed by atoms with Gasteiger partial charge in [0.1, 0.15) is 5.82 Å². The molecule has 1 aromatic carbocycles. The van der Waals surface area contributed by atoms with Crippen molar-refractivity contribution < 1.29 is 9.13 Å². The molecule has 17 heavy (non-hydrogen) atoms. The SMILES string of the molecule is COC1=NCCN(c2ccc(CN)cc2F)N1. The lowest BCUT2D eigenvalue weighted by molar-refractivity contribution is 0.368. The predicted molar refractivity (Wildman–Crippen MR) is 64.1 cm³/mol. The maximum Gasteiger partial charge on any atom is 0.303 e. The summed E-state index contributed by atoms with van der Waals surface area (Å²) in [5.74, 6) is -0.308. The second kappa shape index (κ2) is 5.01. The molecular weight excluding hydrogens is 223 g/mol. The van der Waals surface area contributed by atoms with Crippen LogP contribution in [0, 0.1) is 5.82 Å². The molecule has 5 nitrogen and oxygen atoms in total. The molecule has 0 bridgehead atoms. The number of hydrogen-bond acceptors (Lipinski definition) is 5. The minimum absolute atomic E-state index is 0.308. The summed E-state index contributed by atoms with van der Waals surface area (Å²) in [4.78, 5) is 4.09. The molecule has 3 N–H and O–H groups in total. The van der Waals surface area contributed by atoms with E-state index in [1.165, 1.54) is 13.2 Å². The van der Waals surface area contributed by atoms with E-state index in [1.807, 2.05) is 0 Å². The van der Waals surface area contributed by atoms with Crippen molar-refractivity contribution in [3.05, 3.63) is 29.6 Å². The molecule has 1 aromatic rings. The van der Waals surface area contributed by atoms with Gasteiger partial charge in [0, 0.05) is 6.54 Å². The number of aliphatic imine (C=N–C) groups is 1. The smallest absolute Gasteiger partial charge is 0.303 e. The van der Waals surface area contributed by atoms with Crippen molar-refractivity contribution in [3.63, 3.8) is 0 Å². The van der Waals surface area contributed by atoms with Gasteiger partial charge in [-0.1, -0.05) is 6.07 Å². The first-order chi connectivity index (χ1) is 8.24. The molecule has 92 valence electrons. The Labute approximate surface area is 99.0 Å². The molecular formula is C11H15FN4O. The van der Waals surface area contributed by atoms with Gasteiger partial charge in [-0.25, -0.2) is 9.38 Å². The van der Waals surface area contributed by atoms with Gasteiger partial charge in [0.05, 0.1) is 25.9 Å². The van der Waals surface area contributed by atoms with Gasteiger partial charge in [0.2, 0.25) is 0 Å². The molecule has 0 spiro atoms. The molecule has 6 heteroatoms. The van der Waals surface area contributed by atoms with E-state index < -0.39 is 0 Å². The zero-order valence-electron chi connectivity index (χ0n) is 9.61. The van der Waals surface area contributed by atoms with E-state index in [0.717, 1.165) is 5.56 Å². The largest absolute Gasteiger partial charge is 0.467 e. The highest BCUT2D eigenvalue weighted by molar-refractivity contribution is 5.76. The van der Waals surface area contributed by atoms with Gasteiger partial charge in [-0.3, -0.25) is 10.4 Å². The number of nitrogens with zero attached hydrogens (tertiary/aromatic N) is 2. The Balaban J connectivity index is 2.20. The number of benzene rings is 1. The Bertz CT molecular complexity index is 435. The highest BCUT2D eigenvalue weighted by atomic mass is 19.1. The second-order valence-electron chi connectivity index (χ2n) is 3.64. The van der Waals surface area contributed by atoms with E-state index in [4.69, 9.17) is 10.5 Å². The molecule has 2 rings (SSSR count). The van der Waals surface area contributed by atoms with E-state index in [9.17, 15) is 4.39 Å². The fourth-order valence-electron chi connectivity index (χ4n) is 1.65. The van der Waals surface area contributed by atoms with Crippen LogP contribution >= 0.6 is 0 Å². The van der Waals surface area contributed by atoms with Gasteiger partial charge in [0.15, 0.2) is 0 Å². The summed E-state index contributed by atoms with van der Waals surface area (Å²) in [6.45, 7) is 1.48. The minimum atomic E-state index is -0.308. The number of rotatable bonds is 2. The summed E-state index contributed by atoms with van der Waals surface area (Å²) in [5.41, 5.74) is 9.58. The third-order valence-electron chi connectivity index (χ3n) is 2.54. The molecule has 1 heterocycles. The quantitative estimate of drug-likeness (QED) is 0.792. The topological polar surface area (TPSA) is 62.9 Å². The normalized spacial score (nSPS) is 15.2. The summed E-state index contributed by atoms with van der Waals surface area (Å²) in [6.07, 6.45) is 0. The average Bonchev–Trinajstić information content (AvgIpc) is 2.38. The highest BCUT2D eigenvalue weighted by Crippen LogP contribution is 2.19. The lowest BCUT2D eigenvalue weighted by atomic mass is 10.2. The first-order valence-electron chi connectivity index (χ1n) is 5.35. The van der Waals surface area contributed by atoms with Gasteiger partial charge in [-0.05, 0) is 17.7 Å². The summed E-state index contributed by atoms with van der Waals surface area (Å²) in [7, 11) is 1.52. The number of halogens is 1. The van der Waals surface area contributed by atoms with Crippen molar-refractivity contribution in [3.8, 4) is 0 Å². The molecule has 0 radical (unpaired) electrons. The third kappa shape index (κ3) is 2.47. The second-order valence-corrected chi connectivity index (χ2v) is 3.64. The van der Waals surface area contributed by atoms with Gasteiger partial charge < -0.3 is 10.5 Å². The van der Waals surface area contributed by atoms with E-state index in [-0.39, 0.29) is 5.82 Å². The summed E-state index contributed by atoms with van der Waals surface area (Å²) in [5, 5.41) is 1.67. The van der Waals surface area contributed by atoms with Crippen molar-refractivity contribution in [1.82, 2.24) is 5.43 Å². The number of anilines is 1. The molecule has 0 amide bonds. The molecule has 0 saturated carbocycles. The fraction of sp³-hybridized carbons (Fsp3) is 0.364. The molecule has 0 atom stereocenters. The molecule has 1 aliphatic heterocycles. The Hall–Kier alpha value is -1.82. The predicted octanol–water partition coefficient (Wildman–Crippen LogP) is 0.611. The van der Waals surface area contributed by atoms with Crippen molar-refractivity contribution in [2.45, 2.75) is 6.54 Å². The molecule has 0 unspecified atom stereocenters. The molecule has 0 saturated heterocycles. The monoisotopic (exact) mass is 238 g/mol. The van der Waals surface area contributed by atoms with E-state index in [2.05, 4.69) is 10.4 Å². The lowest BCUT2D eigenvalue weighted by Gasteiger charge is -2.29. The Kier molecular flexibility index (Phi) is 3.43.